The number of aryl methyl sites for hydroxylation is 1. The Kier molecular flexibility index (Phi) is 7.09. The molecule has 0 unspecified atom stereocenters. The molecule has 0 heterocycles. The number of carboxylic acids is 1. The molecule has 0 amide bonds. The van der Waals surface area contributed by atoms with Gasteiger partial charge in [0, 0.05) is 6.54 Å². The van der Waals surface area contributed by atoms with E-state index in [1.54, 1.807) is 31.2 Å². The van der Waals surface area contributed by atoms with Crippen LogP contribution in [0.15, 0.2) is 71.6 Å². The highest BCUT2D eigenvalue weighted by Crippen LogP contribution is 2.26. The molecule has 2 N–H and O–H groups in total. The average Bonchev–Trinajstić information content (AvgIpc) is 2.73. The number of halogens is 3. The van der Waals surface area contributed by atoms with Gasteiger partial charge in [0.1, 0.15) is 5.75 Å². The van der Waals surface area contributed by atoms with Crippen LogP contribution in [0.3, 0.4) is 0 Å². The second-order valence-corrected chi connectivity index (χ2v) is 8.97. The van der Waals surface area contributed by atoms with Crippen molar-refractivity contribution in [3.05, 3.63) is 83.4 Å². The van der Waals surface area contributed by atoms with Gasteiger partial charge >= 0.3 is 12.3 Å². The number of carboxylic acid groups (broad SMARTS) is 1. The van der Waals surface area contributed by atoms with Gasteiger partial charge in [-0.15, -0.1) is 13.2 Å². The molecule has 0 aliphatic rings. The summed E-state index contributed by atoms with van der Waals surface area (Å²) in [5, 5.41) is 9.18. The van der Waals surface area contributed by atoms with E-state index in [1.807, 2.05) is 0 Å². The minimum Gasteiger partial charge on any atom is -0.478 e. The quantitative estimate of drug-likeness (QED) is 0.485. The minimum absolute atomic E-state index is 0.0773. The first-order chi connectivity index (χ1) is 15.4. The van der Waals surface area contributed by atoms with Crippen LogP contribution in [0.25, 0.3) is 11.1 Å². The molecule has 33 heavy (non-hydrogen) atoms. The van der Waals surface area contributed by atoms with Crippen molar-refractivity contribution in [2.24, 2.45) is 0 Å². The third-order valence-corrected chi connectivity index (χ3v) is 6.29. The second-order valence-electron chi connectivity index (χ2n) is 7.20. The Labute approximate surface area is 188 Å². The molecular formula is C23H20F3NO5S. The fourth-order valence-electron chi connectivity index (χ4n) is 3.12. The van der Waals surface area contributed by atoms with Gasteiger partial charge in [0.05, 0.1) is 10.5 Å². The lowest BCUT2D eigenvalue weighted by Crippen LogP contribution is -2.26. The Morgan fingerprint density at radius 1 is 0.970 bits per heavy atom. The Hall–Kier alpha value is -3.37. The highest BCUT2D eigenvalue weighted by molar-refractivity contribution is 7.89. The number of rotatable bonds is 8. The highest BCUT2D eigenvalue weighted by atomic mass is 32.2. The van der Waals surface area contributed by atoms with Crippen LogP contribution in [-0.4, -0.2) is 32.4 Å². The van der Waals surface area contributed by atoms with Crippen molar-refractivity contribution in [3.8, 4) is 16.9 Å². The average molecular weight is 479 g/mol. The molecule has 0 spiro atoms. The maximum Gasteiger partial charge on any atom is 0.573 e. The van der Waals surface area contributed by atoms with Gasteiger partial charge < -0.3 is 9.84 Å². The standard InChI is InChI=1S/C23H20F3NO5S/c1-15-2-11-20(14-21(15)22(28)29)33(30,31)27-13-12-16-3-5-17(6-4-16)18-7-9-19(10-8-18)32-23(24,25)26/h2-11,14,27H,12-13H2,1H3,(H,28,29). The van der Waals surface area contributed by atoms with Crippen LogP contribution in [0, 0.1) is 6.92 Å². The van der Waals surface area contributed by atoms with E-state index in [1.165, 1.54) is 36.4 Å². The Bertz CT molecular complexity index is 1240. The lowest BCUT2D eigenvalue weighted by atomic mass is 10.0. The molecule has 0 aliphatic carbocycles. The Morgan fingerprint density at radius 3 is 2.09 bits per heavy atom. The number of hydrogen-bond acceptors (Lipinski definition) is 4. The molecule has 0 saturated carbocycles. The van der Waals surface area contributed by atoms with Gasteiger partial charge in [-0.05, 0) is 59.9 Å². The molecular weight excluding hydrogens is 459 g/mol. The molecule has 0 saturated heterocycles. The molecule has 10 heteroatoms. The van der Waals surface area contributed by atoms with Gasteiger partial charge in [-0.3, -0.25) is 0 Å². The molecule has 0 radical (unpaired) electrons. The third-order valence-electron chi connectivity index (χ3n) is 4.83. The van der Waals surface area contributed by atoms with E-state index >= 15 is 0 Å². The topological polar surface area (TPSA) is 92.7 Å². The largest absolute Gasteiger partial charge is 0.573 e. The van der Waals surface area contributed by atoms with E-state index in [2.05, 4.69) is 9.46 Å². The van der Waals surface area contributed by atoms with Crippen LogP contribution in [0.5, 0.6) is 5.75 Å². The van der Waals surface area contributed by atoms with Gasteiger partial charge in [-0.2, -0.15) is 0 Å². The summed E-state index contributed by atoms with van der Waals surface area (Å²) in [5.74, 6) is -1.51. The predicted octanol–water partition coefficient (Wildman–Crippen LogP) is 4.78. The maximum atomic E-state index is 12.5. The summed E-state index contributed by atoms with van der Waals surface area (Å²) in [6.45, 7) is 1.68. The van der Waals surface area contributed by atoms with E-state index < -0.39 is 22.4 Å². The van der Waals surface area contributed by atoms with Crippen molar-refractivity contribution in [1.82, 2.24) is 4.72 Å². The first-order valence-electron chi connectivity index (χ1n) is 9.73. The highest BCUT2D eigenvalue weighted by Gasteiger charge is 2.30. The summed E-state index contributed by atoms with van der Waals surface area (Å²) in [7, 11) is -3.88. The van der Waals surface area contributed by atoms with Crippen LogP contribution < -0.4 is 9.46 Å². The van der Waals surface area contributed by atoms with E-state index in [0.717, 1.165) is 17.2 Å². The second kappa shape index (κ2) is 9.63. The fraction of sp³-hybridized carbons (Fsp3) is 0.174. The summed E-state index contributed by atoms with van der Waals surface area (Å²) in [4.78, 5) is 11.1. The summed E-state index contributed by atoms with van der Waals surface area (Å²) in [6, 6.07) is 16.5. The lowest BCUT2D eigenvalue weighted by Gasteiger charge is -2.10. The lowest BCUT2D eigenvalue weighted by molar-refractivity contribution is -0.274. The number of benzene rings is 3. The minimum atomic E-state index is -4.75. The van der Waals surface area contributed by atoms with Crippen molar-refractivity contribution in [1.29, 1.82) is 0 Å². The third kappa shape index (κ3) is 6.56. The fourth-order valence-corrected chi connectivity index (χ4v) is 4.18. The number of alkyl halides is 3. The van der Waals surface area contributed by atoms with Gasteiger partial charge in [-0.1, -0.05) is 42.5 Å². The number of carbonyl (C=O) groups is 1. The van der Waals surface area contributed by atoms with Gasteiger partial charge in [0.2, 0.25) is 10.0 Å². The van der Waals surface area contributed by atoms with Crippen molar-refractivity contribution in [2.45, 2.75) is 24.6 Å². The molecule has 6 nitrogen and oxygen atoms in total. The normalized spacial score (nSPS) is 11.9. The van der Waals surface area contributed by atoms with Crippen LogP contribution in [0.2, 0.25) is 0 Å². The smallest absolute Gasteiger partial charge is 0.478 e. The van der Waals surface area contributed by atoms with Crippen molar-refractivity contribution in [3.63, 3.8) is 0 Å². The van der Waals surface area contributed by atoms with Crippen molar-refractivity contribution < 1.29 is 36.2 Å². The van der Waals surface area contributed by atoms with E-state index in [4.69, 9.17) is 0 Å². The Morgan fingerprint density at radius 2 is 1.55 bits per heavy atom. The molecule has 0 bridgehead atoms. The molecule has 0 atom stereocenters. The van der Waals surface area contributed by atoms with E-state index in [0.29, 0.717) is 17.5 Å². The molecule has 3 rings (SSSR count). The van der Waals surface area contributed by atoms with Crippen LogP contribution in [0.4, 0.5) is 13.2 Å². The van der Waals surface area contributed by atoms with Gasteiger partial charge in [0.15, 0.2) is 0 Å². The number of hydrogen-bond donors (Lipinski definition) is 2. The SMILES string of the molecule is Cc1ccc(S(=O)(=O)NCCc2ccc(-c3ccc(OC(F)(F)F)cc3)cc2)cc1C(=O)O. The molecule has 3 aromatic carbocycles. The zero-order valence-corrected chi connectivity index (χ0v) is 18.2. The number of nitrogens with one attached hydrogen (secondary N) is 1. The number of ether oxygens (including phenoxy) is 1. The van der Waals surface area contributed by atoms with Crippen LogP contribution >= 0.6 is 0 Å². The molecule has 0 fully saturated rings. The zero-order chi connectivity index (χ0) is 24.2. The van der Waals surface area contributed by atoms with Crippen LogP contribution in [-0.2, 0) is 16.4 Å². The molecule has 0 aromatic heterocycles. The first-order valence-corrected chi connectivity index (χ1v) is 11.2. The molecule has 0 aliphatic heterocycles. The summed E-state index contributed by atoms with van der Waals surface area (Å²) < 4.78 is 68.0. The molecule has 174 valence electrons. The monoisotopic (exact) mass is 479 g/mol. The maximum absolute atomic E-state index is 12.5. The first kappa shape index (κ1) is 24.3. The summed E-state index contributed by atoms with van der Waals surface area (Å²) >= 11 is 0. The zero-order valence-electron chi connectivity index (χ0n) is 17.4. The van der Waals surface area contributed by atoms with Gasteiger partial charge in [-0.25, -0.2) is 17.9 Å². The predicted molar refractivity (Wildman–Crippen MR) is 116 cm³/mol. The van der Waals surface area contributed by atoms with Gasteiger partial charge in [0.25, 0.3) is 0 Å². The Balaban J connectivity index is 1.61. The number of sulfonamides is 1. The summed E-state index contributed by atoms with van der Waals surface area (Å²) in [5.41, 5.74) is 2.70. The summed E-state index contributed by atoms with van der Waals surface area (Å²) in [6.07, 6.45) is -4.36. The van der Waals surface area contributed by atoms with Crippen molar-refractivity contribution in [2.75, 3.05) is 6.54 Å². The van der Waals surface area contributed by atoms with E-state index in [9.17, 15) is 31.5 Å². The van der Waals surface area contributed by atoms with Crippen LogP contribution in [0.1, 0.15) is 21.5 Å². The van der Waals surface area contributed by atoms with E-state index in [-0.39, 0.29) is 22.8 Å². The molecule has 3 aromatic rings. The van der Waals surface area contributed by atoms with Crippen molar-refractivity contribution >= 4 is 16.0 Å². The number of aromatic carboxylic acids is 1.